The Bertz CT molecular complexity index is 1260. The maximum atomic E-state index is 12.8. The number of carbonyl (C=O) groups is 1. The number of amides is 1. The van der Waals surface area contributed by atoms with Gasteiger partial charge in [0, 0.05) is 45.8 Å². The molecule has 3 aromatic rings. The Balaban J connectivity index is 1.50. The zero-order chi connectivity index (χ0) is 25.9. The number of rotatable bonds is 6. The van der Waals surface area contributed by atoms with Gasteiger partial charge in [0.05, 0.1) is 10.2 Å². The number of fused-ring (bicyclic) bond motifs is 1. The summed E-state index contributed by atoms with van der Waals surface area (Å²) >= 11 is 0.698. The third-order valence-corrected chi connectivity index (χ3v) is 6.72. The lowest BCUT2D eigenvalue weighted by Gasteiger charge is -2.34. The molecule has 6 nitrogen and oxygen atoms in total. The molecule has 1 fully saturated rings. The van der Waals surface area contributed by atoms with E-state index in [9.17, 15) is 31.1 Å². The Morgan fingerprint density at radius 2 is 1.58 bits per heavy atom. The third kappa shape index (κ3) is 6.86. The second kappa shape index (κ2) is 10.6. The van der Waals surface area contributed by atoms with E-state index in [1.165, 1.54) is 16.2 Å². The van der Waals surface area contributed by atoms with Gasteiger partial charge in [0.15, 0.2) is 4.80 Å². The molecule has 1 aliphatic heterocycles. The minimum atomic E-state index is -5.16. The van der Waals surface area contributed by atoms with Crippen LogP contribution >= 0.6 is 11.3 Å². The molecule has 0 aliphatic carbocycles. The first-order valence-corrected chi connectivity index (χ1v) is 11.8. The molecule has 1 aromatic heterocycles. The number of aromatic nitrogens is 1. The van der Waals surface area contributed by atoms with E-state index in [-0.39, 0.29) is 16.0 Å². The molecule has 1 saturated heterocycles. The summed E-state index contributed by atoms with van der Waals surface area (Å²) in [5.74, 6) is -2.78. The van der Waals surface area contributed by atoms with Gasteiger partial charge in [-0.05, 0) is 23.8 Å². The van der Waals surface area contributed by atoms with Crippen LogP contribution in [0.5, 0.6) is 5.75 Å². The molecule has 36 heavy (non-hydrogen) atoms. The number of hydrogen-bond donors (Lipinski definition) is 0. The highest BCUT2D eigenvalue weighted by Crippen LogP contribution is 2.28. The van der Waals surface area contributed by atoms with Crippen LogP contribution in [0.2, 0.25) is 0 Å². The largest absolute Gasteiger partial charge is 0.573 e. The van der Waals surface area contributed by atoms with Gasteiger partial charge in [0.1, 0.15) is 5.75 Å². The van der Waals surface area contributed by atoms with Gasteiger partial charge >= 0.3 is 18.4 Å². The van der Waals surface area contributed by atoms with Crippen LogP contribution in [-0.2, 0) is 17.9 Å². The van der Waals surface area contributed by atoms with Crippen LogP contribution < -0.4 is 9.54 Å². The van der Waals surface area contributed by atoms with Crippen molar-refractivity contribution in [3.05, 3.63) is 58.9 Å². The zero-order valence-corrected chi connectivity index (χ0v) is 19.7. The summed E-state index contributed by atoms with van der Waals surface area (Å²) in [4.78, 5) is 19.0. The van der Waals surface area contributed by atoms with Crippen molar-refractivity contribution in [2.45, 2.75) is 25.6 Å². The van der Waals surface area contributed by atoms with Crippen molar-refractivity contribution in [2.75, 3.05) is 32.7 Å². The molecule has 194 valence electrons. The predicted octanol–water partition coefficient (Wildman–Crippen LogP) is 4.41. The van der Waals surface area contributed by atoms with E-state index in [0.29, 0.717) is 23.4 Å². The maximum Gasteiger partial charge on any atom is 0.573 e. The fourth-order valence-corrected chi connectivity index (χ4v) is 5.04. The molecule has 0 radical (unpaired) electrons. The van der Waals surface area contributed by atoms with Crippen molar-refractivity contribution in [2.24, 2.45) is 4.99 Å². The summed E-state index contributed by atoms with van der Waals surface area (Å²) in [5.41, 5.74) is 1.58. The molecule has 2 aromatic carbocycles. The highest BCUT2D eigenvalue weighted by atomic mass is 32.1. The molecule has 1 aliphatic rings. The first-order chi connectivity index (χ1) is 17.0. The average molecular weight is 533 g/mol. The Morgan fingerprint density at radius 1 is 0.917 bits per heavy atom. The fourth-order valence-electron chi connectivity index (χ4n) is 3.96. The number of halogens is 6. The molecule has 0 unspecified atom stereocenters. The van der Waals surface area contributed by atoms with Gasteiger partial charge in [-0.1, -0.05) is 41.7 Å². The van der Waals surface area contributed by atoms with Crippen LogP contribution in [0.25, 0.3) is 10.2 Å². The second-order valence-electron chi connectivity index (χ2n) is 8.23. The topological polar surface area (TPSA) is 50.1 Å². The lowest BCUT2D eigenvalue weighted by Crippen LogP contribution is -2.47. The zero-order valence-electron chi connectivity index (χ0n) is 18.8. The van der Waals surface area contributed by atoms with Crippen LogP contribution in [0.4, 0.5) is 26.3 Å². The lowest BCUT2D eigenvalue weighted by molar-refractivity contribution is -0.274. The number of thiazole rings is 1. The highest BCUT2D eigenvalue weighted by molar-refractivity contribution is 7.16. The molecule has 0 N–H and O–H groups in total. The van der Waals surface area contributed by atoms with Gasteiger partial charge in [-0.15, -0.1) is 13.2 Å². The highest BCUT2D eigenvalue weighted by Gasteiger charge is 2.39. The van der Waals surface area contributed by atoms with Gasteiger partial charge in [-0.25, -0.2) is 0 Å². The molecular weight excluding hydrogens is 510 g/mol. The number of alkyl halides is 6. The number of benzene rings is 2. The maximum absolute atomic E-state index is 12.8. The van der Waals surface area contributed by atoms with Crippen molar-refractivity contribution in [3.63, 3.8) is 0 Å². The minimum absolute atomic E-state index is 0.210. The molecule has 4 rings (SSSR count). The molecule has 2 heterocycles. The number of piperazine rings is 1. The predicted molar refractivity (Wildman–Crippen MR) is 121 cm³/mol. The number of nitrogens with zero attached hydrogens (tertiary/aromatic N) is 4. The summed E-state index contributed by atoms with van der Waals surface area (Å²) in [7, 11) is 0. The first kappa shape index (κ1) is 26.2. The monoisotopic (exact) mass is 532 g/mol. The second-order valence-corrected chi connectivity index (χ2v) is 9.24. The Hall–Kier alpha value is -2.90. The van der Waals surface area contributed by atoms with Gasteiger partial charge < -0.3 is 9.30 Å². The van der Waals surface area contributed by atoms with Crippen molar-refractivity contribution in [1.82, 2.24) is 14.4 Å². The van der Waals surface area contributed by atoms with E-state index in [1.54, 1.807) is 0 Å². The Kier molecular flexibility index (Phi) is 7.71. The number of carbonyl (C=O) groups excluding carboxylic acids is 1. The van der Waals surface area contributed by atoms with E-state index >= 15 is 0 Å². The number of hydrogen-bond acceptors (Lipinski definition) is 5. The molecular formula is C23H22F6N4O2S. The van der Waals surface area contributed by atoms with Gasteiger partial charge in [0.25, 0.3) is 0 Å². The number of ether oxygens (including phenoxy) is 1. The summed E-state index contributed by atoms with van der Waals surface area (Å²) < 4.78 is 81.8. The SMILES string of the molecule is O=C(N=c1sc2cc(OC(F)(F)F)ccc2n1CCN1CCN(Cc2ccccc2)CC1)C(F)(F)F. The van der Waals surface area contributed by atoms with Crippen molar-refractivity contribution >= 4 is 27.5 Å². The van der Waals surface area contributed by atoms with Crippen molar-refractivity contribution in [3.8, 4) is 5.75 Å². The smallest absolute Gasteiger partial charge is 0.406 e. The van der Waals surface area contributed by atoms with Gasteiger partial charge in [-0.3, -0.25) is 14.6 Å². The van der Waals surface area contributed by atoms with E-state index in [0.717, 1.165) is 44.9 Å². The molecule has 0 saturated carbocycles. The van der Waals surface area contributed by atoms with E-state index in [1.807, 2.05) is 18.2 Å². The summed E-state index contributed by atoms with van der Waals surface area (Å²) in [6, 6.07) is 13.5. The Labute approximate surface area is 206 Å². The summed E-state index contributed by atoms with van der Waals surface area (Å²) in [6.07, 6.45) is -10.1. The van der Waals surface area contributed by atoms with Crippen molar-refractivity contribution < 1.29 is 35.9 Å². The standard InChI is InChI=1S/C23H22F6N4O2S/c24-22(25,26)20(34)30-21-33(18-7-6-17(14-19(18)36-21)35-23(27,28)29)13-12-31-8-10-32(11-9-31)15-16-4-2-1-3-5-16/h1-7,14H,8-13,15H2. The summed E-state index contributed by atoms with van der Waals surface area (Å²) in [6.45, 7) is 4.61. The summed E-state index contributed by atoms with van der Waals surface area (Å²) in [5, 5.41) is 0. The van der Waals surface area contributed by atoms with Crippen LogP contribution in [0, 0.1) is 0 Å². The van der Waals surface area contributed by atoms with Crippen molar-refractivity contribution in [1.29, 1.82) is 0 Å². The van der Waals surface area contributed by atoms with Crippen LogP contribution in [0.1, 0.15) is 5.56 Å². The minimum Gasteiger partial charge on any atom is -0.406 e. The van der Waals surface area contributed by atoms with Gasteiger partial charge in [0.2, 0.25) is 0 Å². The average Bonchev–Trinajstić information content (AvgIpc) is 3.13. The third-order valence-electron chi connectivity index (χ3n) is 5.68. The van der Waals surface area contributed by atoms with Gasteiger partial charge in [-0.2, -0.15) is 18.2 Å². The molecule has 1 amide bonds. The van der Waals surface area contributed by atoms with E-state index in [2.05, 4.69) is 31.7 Å². The van der Waals surface area contributed by atoms with Crippen LogP contribution in [-0.4, -0.2) is 65.5 Å². The normalized spacial score (nSPS) is 16.6. The van der Waals surface area contributed by atoms with E-state index < -0.39 is 24.2 Å². The quantitative estimate of drug-likeness (QED) is 0.442. The van der Waals surface area contributed by atoms with E-state index in [4.69, 9.17) is 0 Å². The Morgan fingerprint density at radius 3 is 2.22 bits per heavy atom. The van der Waals surface area contributed by atoms with Crippen LogP contribution in [0.3, 0.4) is 0 Å². The van der Waals surface area contributed by atoms with Crippen LogP contribution in [0.15, 0.2) is 53.5 Å². The first-order valence-electron chi connectivity index (χ1n) is 11.0. The molecule has 13 heteroatoms. The fraction of sp³-hybridized carbons (Fsp3) is 0.391. The molecule has 0 spiro atoms. The lowest BCUT2D eigenvalue weighted by atomic mass is 10.2. The molecule has 0 atom stereocenters. The molecule has 0 bridgehead atoms.